The van der Waals surface area contributed by atoms with Crippen LogP contribution < -0.4 is 5.32 Å². The normalized spacial score (nSPS) is 21.3. The maximum Gasteiger partial charge on any atom is 0.268 e. The zero-order chi connectivity index (χ0) is 16.5. The summed E-state index contributed by atoms with van der Waals surface area (Å²) < 4.78 is 23.9. The van der Waals surface area contributed by atoms with E-state index in [1.165, 1.54) is 12.1 Å². The Morgan fingerprint density at radius 3 is 2.17 bits per heavy atom. The van der Waals surface area contributed by atoms with E-state index in [0.717, 1.165) is 22.9 Å². The number of hydrogen-bond donors (Lipinski definition) is 1. The van der Waals surface area contributed by atoms with Gasteiger partial charge in [0.1, 0.15) is 0 Å². The number of benzene rings is 2. The summed E-state index contributed by atoms with van der Waals surface area (Å²) in [6, 6.07) is 16.1. The zero-order valence-electron chi connectivity index (χ0n) is 12.0. The van der Waals surface area contributed by atoms with Crippen LogP contribution in [0.5, 0.6) is 0 Å². The summed E-state index contributed by atoms with van der Waals surface area (Å²) in [6.45, 7) is 0.421. The topological polar surface area (TPSA) is 63.2 Å². The molecule has 1 heterocycles. The third-order valence-electron chi connectivity index (χ3n) is 3.67. The first kappa shape index (κ1) is 16.5. The number of halogens is 1. The van der Waals surface area contributed by atoms with E-state index in [4.69, 9.17) is 11.6 Å². The minimum atomic E-state index is -3.93. The zero-order valence-corrected chi connectivity index (χ0v) is 14.4. The molecule has 7 heteroatoms. The van der Waals surface area contributed by atoms with Crippen molar-refractivity contribution in [2.45, 2.75) is 9.10 Å². The summed E-state index contributed by atoms with van der Waals surface area (Å²) in [5.74, 6) is 0.514. The van der Waals surface area contributed by atoms with Crippen molar-refractivity contribution in [3.63, 3.8) is 0 Å². The van der Waals surface area contributed by atoms with Gasteiger partial charge < -0.3 is 0 Å². The van der Waals surface area contributed by atoms with Gasteiger partial charge in [0.2, 0.25) is 14.0 Å². The molecule has 1 N–H and O–H groups in total. The van der Waals surface area contributed by atoms with Crippen LogP contribution in [0.15, 0.2) is 59.5 Å². The first-order valence-corrected chi connectivity index (χ1v) is 9.81. The summed E-state index contributed by atoms with van der Waals surface area (Å²) >= 11 is 6.62. The molecule has 1 unspecified atom stereocenters. The number of thioether (sulfide) groups is 1. The van der Waals surface area contributed by atoms with Crippen LogP contribution in [0.25, 0.3) is 11.1 Å². The fraction of sp³-hybridized carbons (Fsp3) is 0.188. The third-order valence-corrected chi connectivity index (χ3v) is 8.32. The number of carbonyl (C=O) groups is 1. The van der Waals surface area contributed by atoms with E-state index in [1.54, 1.807) is 12.1 Å². The number of hydrogen-bond acceptors (Lipinski definition) is 5. The highest BCUT2D eigenvalue weighted by molar-refractivity contribution is 8.16. The molecule has 0 saturated carbocycles. The molecule has 1 aliphatic heterocycles. The largest absolute Gasteiger partial charge is 0.282 e. The molecule has 4 nitrogen and oxygen atoms in total. The number of sulfone groups is 1. The second-order valence-electron chi connectivity index (χ2n) is 5.06. The molecule has 0 amide bonds. The standard InChI is InChI=1S/C16H14ClNO3S2/c17-15(19)16(18-10-11-22-16)23(20,21)14-8-6-13(7-9-14)12-4-2-1-3-5-12/h1-9,18H,10-11H2. The number of rotatable bonds is 4. The summed E-state index contributed by atoms with van der Waals surface area (Å²) in [5.41, 5.74) is 1.90. The van der Waals surface area contributed by atoms with Gasteiger partial charge >= 0.3 is 0 Å². The first-order valence-electron chi connectivity index (χ1n) is 6.96. The van der Waals surface area contributed by atoms with E-state index in [0.29, 0.717) is 12.3 Å². The van der Waals surface area contributed by atoms with E-state index < -0.39 is 19.3 Å². The van der Waals surface area contributed by atoms with Gasteiger partial charge in [0, 0.05) is 12.3 Å². The molecule has 1 saturated heterocycles. The summed E-state index contributed by atoms with van der Waals surface area (Å²) in [7, 11) is -3.93. The smallest absolute Gasteiger partial charge is 0.268 e. The van der Waals surface area contributed by atoms with E-state index in [2.05, 4.69) is 5.32 Å². The Bertz CT molecular complexity index is 814. The van der Waals surface area contributed by atoms with Crippen molar-refractivity contribution in [1.82, 2.24) is 5.32 Å². The highest BCUT2D eigenvalue weighted by atomic mass is 35.5. The van der Waals surface area contributed by atoms with Gasteiger partial charge in [0.25, 0.3) is 5.24 Å². The van der Waals surface area contributed by atoms with Crippen molar-refractivity contribution in [2.75, 3.05) is 12.3 Å². The van der Waals surface area contributed by atoms with Gasteiger partial charge in [-0.25, -0.2) is 8.42 Å². The SMILES string of the molecule is O=C(Cl)C1(S(=O)(=O)c2ccc(-c3ccccc3)cc2)NCCS1. The molecule has 2 aromatic rings. The summed E-state index contributed by atoms with van der Waals surface area (Å²) in [4.78, 5) is 11.9. The van der Waals surface area contributed by atoms with Gasteiger partial charge in [-0.05, 0) is 34.9 Å². The molecule has 0 aromatic heterocycles. The van der Waals surface area contributed by atoms with E-state index in [9.17, 15) is 13.2 Å². The lowest BCUT2D eigenvalue weighted by Gasteiger charge is -2.24. The van der Waals surface area contributed by atoms with E-state index >= 15 is 0 Å². The molecular formula is C16H14ClNO3S2. The van der Waals surface area contributed by atoms with Crippen molar-refractivity contribution in [1.29, 1.82) is 0 Å². The van der Waals surface area contributed by atoms with Gasteiger partial charge in [0.05, 0.1) is 4.90 Å². The lowest BCUT2D eigenvalue weighted by molar-refractivity contribution is -0.112. The monoisotopic (exact) mass is 367 g/mol. The molecule has 1 aliphatic rings. The van der Waals surface area contributed by atoms with Crippen LogP contribution in [0.1, 0.15) is 0 Å². The van der Waals surface area contributed by atoms with Gasteiger partial charge in [-0.1, -0.05) is 42.5 Å². The number of carbonyl (C=O) groups excluding carboxylic acids is 1. The van der Waals surface area contributed by atoms with Crippen LogP contribution in [0, 0.1) is 0 Å². The summed E-state index contributed by atoms with van der Waals surface area (Å²) in [6.07, 6.45) is 0. The highest BCUT2D eigenvalue weighted by Crippen LogP contribution is 2.39. The minimum Gasteiger partial charge on any atom is -0.282 e. The maximum absolute atomic E-state index is 12.9. The Morgan fingerprint density at radius 1 is 1.04 bits per heavy atom. The maximum atomic E-state index is 12.9. The fourth-order valence-electron chi connectivity index (χ4n) is 2.49. The molecule has 0 aliphatic carbocycles. The van der Waals surface area contributed by atoms with Crippen LogP contribution in [0.2, 0.25) is 0 Å². The van der Waals surface area contributed by atoms with Crippen LogP contribution in [-0.2, 0) is 14.6 Å². The van der Waals surface area contributed by atoms with E-state index in [1.807, 2.05) is 30.3 Å². The summed E-state index contributed by atoms with van der Waals surface area (Å²) in [5, 5.41) is 1.84. The Balaban J connectivity index is 2.00. The van der Waals surface area contributed by atoms with Crippen LogP contribution in [0.4, 0.5) is 0 Å². The van der Waals surface area contributed by atoms with E-state index in [-0.39, 0.29) is 4.90 Å². The average Bonchev–Trinajstić information content (AvgIpc) is 3.07. The van der Waals surface area contributed by atoms with Crippen molar-refractivity contribution >= 4 is 38.4 Å². The molecule has 23 heavy (non-hydrogen) atoms. The molecule has 0 spiro atoms. The second kappa shape index (κ2) is 6.28. The molecule has 0 bridgehead atoms. The Hall–Kier alpha value is -1.34. The second-order valence-corrected chi connectivity index (χ2v) is 9.06. The van der Waals surface area contributed by atoms with Crippen molar-refractivity contribution in [3.05, 3.63) is 54.6 Å². The highest BCUT2D eigenvalue weighted by Gasteiger charge is 2.53. The first-order chi connectivity index (χ1) is 11.0. The molecule has 3 rings (SSSR count). The lowest BCUT2D eigenvalue weighted by atomic mass is 10.1. The molecular weight excluding hydrogens is 354 g/mol. The Kier molecular flexibility index (Phi) is 4.51. The Labute approximate surface area is 144 Å². The van der Waals surface area contributed by atoms with Crippen LogP contribution in [0.3, 0.4) is 0 Å². The van der Waals surface area contributed by atoms with Gasteiger partial charge in [-0.2, -0.15) is 0 Å². The van der Waals surface area contributed by atoms with Crippen molar-refractivity contribution in [2.24, 2.45) is 0 Å². The fourth-order valence-corrected chi connectivity index (χ4v) is 6.32. The molecule has 0 radical (unpaired) electrons. The number of nitrogens with one attached hydrogen (secondary N) is 1. The molecule has 2 aromatic carbocycles. The minimum absolute atomic E-state index is 0.0769. The third kappa shape index (κ3) is 2.80. The lowest BCUT2D eigenvalue weighted by Crippen LogP contribution is -2.50. The molecule has 1 fully saturated rings. The Morgan fingerprint density at radius 2 is 1.65 bits per heavy atom. The van der Waals surface area contributed by atoms with Crippen molar-refractivity contribution in [3.8, 4) is 11.1 Å². The van der Waals surface area contributed by atoms with Gasteiger partial charge in [-0.3, -0.25) is 10.1 Å². The predicted octanol–water partition coefficient (Wildman–Crippen LogP) is 2.88. The average molecular weight is 368 g/mol. The van der Waals surface area contributed by atoms with Gasteiger partial charge in [-0.15, -0.1) is 11.8 Å². The van der Waals surface area contributed by atoms with Gasteiger partial charge in [0.15, 0.2) is 0 Å². The van der Waals surface area contributed by atoms with Crippen LogP contribution in [-0.4, -0.2) is 30.2 Å². The predicted molar refractivity (Wildman–Crippen MR) is 93.1 cm³/mol. The van der Waals surface area contributed by atoms with Crippen LogP contribution >= 0.6 is 23.4 Å². The molecule has 1 atom stereocenters. The molecule has 120 valence electrons. The van der Waals surface area contributed by atoms with Crippen molar-refractivity contribution < 1.29 is 13.2 Å². The quantitative estimate of drug-likeness (QED) is 0.842.